The number of halogens is 3. The molecule has 0 radical (unpaired) electrons. The van der Waals surface area contributed by atoms with Gasteiger partial charge in [0.15, 0.2) is 0 Å². The monoisotopic (exact) mass is 245 g/mol. The third-order valence-corrected chi connectivity index (χ3v) is 2.55. The van der Waals surface area contributed by atoms with Gasteiger partial charge >= 0.3 is 58.4 Å². The Balaban J connectivity index is 0.00000196. The average Bonchev–Trinajstić information content (AvgIpc) is 2.85. The Hall–Kier alpha value is 1.19. The molecule has 0 aliphatic heterocycles. The first-order valence-electron chi connectivity index (χ1n) is 5.03. The molecule has 0 unspecified atom stereocenters. The zero-order valence-electron chi connectivity index (χ0n) is 9.48. The number of hydrogen-bond donors (Lipinski definition) is 0. The van der Waals surface area contributed by atoms with Gasteiger partial charge in [0.25, 0.3) is 0 Å². The van der Waals surface area contributed by atoms with Crippen LogP contribution >= 0.6 is 0 Å². The van der Waals surface area contributed by atoms with E-state index < -0.39 is 12.4 Å². The third-order valence-electron chi connectivity index (χ3n) is 2.55. The minimum atomic E-state index is -4.85. The molecule has 0 bridgehead atoms. The van der Waals surface area contributed by atoms with E-state index in [4.69, 9.17) is 0 Å². The van der Waals surface area contributed by atoms with Crippen molar-refractivity contribution in [2.75, 3.05) is 19.6 Å². The molecule has 0 N–H and O–H groups in total. The van der Waals surface area contributed by atoms with Crippen LogP contribution in [0.2, 0.25) is 0 Å². The Morgan fingerprint density at radius 3 is 2.27 bits per heavy atom. The van der Waals surface area contributed by atoms with Crippen molar-refractivity contribution in [1.29, 1.82) is 0 Å². The first-order valence-corrected chi connectivity index (χ1v) is 5.03. The number of likely N-dealkylation sites (N-methyl/N-ethyl adjacent to an activating group) is 1. The van der Waals surface area contributed by atoms with Crippen LogP contribution in [-0.4, -0.2) is 31.5 Å². The van der Waals surface area contributed by atoms with Crippen molar-refractivity contribution in [3.8, 4) is 0 Å². The zero-order valence-corrected chi connectivity index (χ0v) is 12.6. The first kappa shape index (κ1) is 16.2. The topological polar surface area (TPSA) is 3.24 Å². The molecule has 82 valence electrons. The van der Waals surface area contributed by atoms with Crippen LogP contribution < -0.4 is 51.4 Å². The van der Waals surface area contributed by atoms with Crippen molar-refractivity contribution in [3.05, 3.63) is 12.1 Å². The van der Waals surface area contributed by atoms with E-state index in [1.165, 1.54) is 12.8 Å². The molecular formula is C9H16BF3KN. The molecule has 1 rings (SSSR count). The number of rotatable bonds is 6. The largest absolute Gasteiger partial charge is 1.00 e. The van der Waals surface area contributed by atoms with Crippen molar-refractivity contribution in [2.45, 2.75) is 19.8 Å². The van der Waals surface area contributed by atoms with E-state index in [-0.39, 0.29) is 57.9 Å². The Labute approximate surface area is 132 Å². The van der Waals surface area contributed by atoms with Crippen LogP contribution in [0.1, 0.15) is 19.8 Å². The second-order valence-electron chi connectivity index (χ2n) is 4.00. The van der Waals surface area contributed by atoms with Crippen LogP contribution in [0.4, 0.5) is 12.9 Å². The summed E-state index contributed by atoms with van der Waals surface area (Å²) in [5.41, 5.74) is -0.576. The maximum atomic E-state index is 12.2. The quantitative estimate of drug-likeness (QED) is 0.579. The number of nitrogens with zero attached hydrogens (tertiary/aromatic N) is 1. The molecule has 0 aromatic heterocycles. The molecule has 0 aromatic carbocycles. The van der Waals surface area contributed by atoms with Crippen molar-refractivity contribution in [1.82, 2.24) is 4.90 Å². The van der Waals surface area contributed by atoms with Crippen LogP contribution in [0.3, 0.4) is 0 Å². The molecule has 15 heavy (non-hydrogen) atoms. The smallest absolute Gasteiger partial charge is 0.445 e. The molecule has 0 spiro atoms. The summed E-state index contributed by atoms with van der Waals surface area (Å²) in [5, 5.41) is 0. The van der Waals surface area contributed by atoms with Gasteiger partial charge in [-0.2, -0.15) is 0 Å². The Morgan fingerprint density at radius 2 is 1.93 bits per heavy atom. The summed E-state index contributed by atoms with van der Waals surface area (Å²) < 4.78 is 36.7. The number of hydrogen-bond acceptors (Lipinski definition) is 1. The maximum Gasteiger partial charge on any atom is 1.00 e. The van der Waals surface area contributed by atoms with E-state index in [0.717, 1.165) is 6.54 Å². The van der Waals surface area contributed by atoms with E-state index in [0.29, 0.717) is 12.5 Å². The van der Waals surface area contributed by atoms with Gasteiger partial charge in [0.1, 0.15) is 0 Å². The Kier molecular flexibility index (Phi) is 7.35. The summed E-state index contributed by atoms with van der Waals surface area (Å²) in [7, 11) is 0. The van der Waals surface area contributed by atoms with Crippen molar-refractivity contribution in [2.24, 2.45) is 5.92 Å². The van der Waals surface area contributed by atoms with Crippen LogP contribution in [0.15, 0.2) is 12.1 Å². The van der Waals surface area contributed by atoms with Gasteiger partial charge in [-0.1, -0.05) is 6.92 Å². The molecule has 1 saturated carbocycles. The van der Waals surface area contributed by atoms with E-state index in [1.807, 2.05) is 11.8 Å². The standard InChI is InChI=1S/C9H16BF3N.K/c1-3-14(7-9-4-5-9)6-8(2)10(11,12)13;/h9H,2-7H2,1H3;/q-1;+1. The van der Waals surface area contributed by atoms with Crippen LogP contribution in [0.5, 0.6) is 0 Å². The van der Waals surface area contributed by atoms with Gasteiger partial charge in [-0.05, 0) is 31.8 Å². The van der Waals surface area contributed by atoms with Crippen molar-refractivity contribution < 1.29 is 64.3 Å². The van der Waals surface area contributed by atoms with E-state index in [1.54, 1.807) is 0 Å². The Morgan fingerprint density at radius 1 is 1.40 bits per heavy atom. The van der Waals surface area contributed by atoms with Crippen LogP contribution in [0.25, 0.3) is 0 Å². The molecule has 0 amide bonds. The van der Waals surface area contributed by atoms with Gasteiger partial charge in [-0.15, -0.1) is 12.1 Å². The van der Waals surface area contributed by atoms with E-state index in [2.05, 4.69) is 6.58 Å². The third kappa shape index (κ3) is 6.48. The molecule has 1 aliphatic carbocycles. The van der Waals surface area contributed by atoms with Gasteiger partial charge in [0, 0.05) is 6.54 Å². The predicted molar refractivity (Wildman–Crippen MR) is 53.1 cm³/mol. The molecule has 0 atom stereocenters. The average molecular weight is 245 g/mol. The molecular weight excluding hydrogens is 229 g/mol. The normalized spacial score (nSPS) is 16.3. The predicted octanol–water partition coefficient (Wildman–Crippen LogP) is -0.335. The molecule has 6 heteroatoms. The first-order chi connectivity index (χ1) is 6.43. The molecule has 0 heterocycles. The molecule has 1 fully saturated rings. The van der Waals surface area contributed by atoms with Gasteiger partial charge < -0.3 is 17.8 Å². The second-order valence-corrected chi connectivity index (χ2v) is 4.00. The minimum Gasteiger partial charge on any atom is -0.445 e. The van der Waals surface area contributed by atoms with Gasteiger partial charge in [-0.3, -0.25) is 0 Å². The van der Waals surface area contributed by atoms with Crippen molar-refractivity contribution in [3.63, 3.8) is 0 Å². The summed E-state index contributed by atoms with van der Waals surface area (Å²) in [6.07, 6.45) is 2.33. The second kappa shape index (κ2) is 6.81. The summed E-state index contributed by atoms with van der Waals surface area (Å²) in [6, 6.07) is 0. The summed E-state index contributed by atoms with van der Waals surface area (Å²) in [4.78, 5) is 1.83. The van der Waals surface area contributed by atoms with Gasteiger partial charge in [0.2, 0.25) is 0 Å². The molecule has 1 nitrogen and oxygen atoms in total. The fourth-order valence-corrected chi connectivity index (χ4v) is 1.36. The maximum absolute atomic E-state index is 12.2. The van der Waals surface area contributed by atoms with Crippen molar-refractivity contribution >= 4 is 6.98 Å². The zero-order chi connectivity index (χ0) is 10.8. The SMILES string of the molecule is C=C(CN(CC)CC1CC1)[B-](F)(F)F.[K+]. The van der Waals surface area contributed by atoms with Gasteiger partial charge in [0.05, 0.1) is 0 Å². The van der Waals surface area contributed by atoms with Crippen LogP contribution in [-0.2, 0) is 0 Å². The molecule has 0 saturated heterocycles. The van der Waals surface area contributed by atoms with E-state index in [9.17, 15) is 12.9 Å². The molecule has 0 aromatic rings. The summed E-state index contributed by atoms with van der Waals surface area (Å²) >= 11 is 0. The Bertz CT molecular complexity index is 216. The summed E-state index contributed by atoms with van der Waals surface area (Å²) in [6.45, 7) is 1.58. The molecule has 1 aliphatic rings. The summed E-state index contributed by atoms with van der Waals surface area (Å²) in [5.74, 6) is 0.628. The van der Waals surface area contributed by atoms with Gasteiger partial charge in [-0.25, -0.2) is 0 Å². The fraction of sp³-hybridized carbons (Fsp3) is 0.778. The van der Waals surface area contributed by atoms with Crippen LogP contribution in [0, 0.1) is 5.92 Å². The van der Waals surface area contributed by atoms with E-state index >= 15 is 0 Å². The minimum absolute atomic E-state index is 0. The fourth-order valence-electron chi connectivity index (χ4n) is 1.36.